The summed E-state index contributed by atoms with van der Waals surface area (Å²) in [6.07, 6.45) is 7.25. The lowest BCUT2D eigenvalue weighted by molar-refractivity contribution is 0.645. The minimum atomic E-state index is -0.355. The van der Waals surface area contributed by atoms with Crippen LogP contribution in [-0.4, -0.2) is 26.0 Å². The van der Waals surface area contributed by atoms with E-state index >= 15 is 0 Å². The number of hydrogen-bond donors (Lipinski definition) is 0. The molecule has 1 atom stereocenters. The van der Waals surface area contributed by atoms with Gasteiger partial charge in [-0.3, -0.25) is 14.8 Å². The van der Waals surface area contributed by atoms with Crippen molar-refractivity contribution in [3.8, 4) is 5.69 Å². The molecule has 0 spiro atoms. The summed E-state index contributed by atoms with van der Waals surface area (Å²) in [4.78, 5) is 21.1. The Morgan fingerprint density at radius 3 is 2.73 bits per heavy atom. The molecule has 1 unspecified atom stereocenters. The number of fused-ring (bicyclic) bond motifs is 1. The molecule has 3 aromatic heterocycles. The molecule has 9 heteroatoms. The Morgan fingerprint density at radius 2 is 1.87 bits per heavy atom. The second-order valence-corrected chi connectivity index (χ2v) is 7.56. The number of hydrogen-bond acceptors (Lipinski definition) is 6. The van der Waals surface area contributed by atoms with Crippen LogP contribution in [0.1, 0.15) is 18.2 Å². The van der Waals surface area contributed by atoms with Crippen molar-refractivity contribution in [3.05, 3.63) is 87.1 Å². The van der Waals surface area contributed by atoms with Gasteiger partial charge in [0.1, 0.15) is 16.9 Å². The summed E-state index contributed by atoms with van der Waals surface area (Å²) >= 11 is 12.2. The van der Waals surface area contributed by atoms with E-state index in [0.29, 0.717) is 28.0 Å². The van der Waals surface area contributed by atoms with Gasteiger partial charge in [-0.2, -0.15) is 10.2 Å². The predicted octanol–water partition coefficient (Wildman–Crippen LogP) is 4.42. The smallest absolute Gasteiger partial charge is 0.205 e. The summed E-state index contributed by atoms with van der Waals surface area (Å²) in [7, 11) is 0. The lowest BCUT2D eigenvalue weighted by Gasteiger charge is -2.24. The molecule has 0 bridgehead atoms. The maximum Gasteiger partial charge on any atom is 0.205 e. The van der Waals surface area contributed by atoms with Crippen LogP contribution in [0.4, 0.5) is 5.69 Å². The Bertz CT molecular complexity index is 1350. The summed E-state index contributed by atoms with van der Waals surface area (Å²) < 4.78 is 1.61. The van der Waals surface area contributed by atoms with E-state index < -0.39 is 0 Å². The maximum atomic E-state index is 12.7. The van der Waals surface area contributed by atoms with Gasteiger partial charge in [0.2, 0.25) is 5.43 Å². The van der Waals surface area contributed by atoms with Crippen molar-refractivity contribution in [1.29, 1.82) is 0 Å². The van der Waals surface area contributed by atoms with Gasteiger partial charge in [0.15, 0.2) is 0 Å². The third-order valence-electron chi connectivity index (χ3n) is 4.88. The van der Waals surface area contributed by atoms with Crippen molar-refractivity contribution in [2.24, 2.45) is 5.10 Å². The van der Waals surface area contributed by atoms with Crippen molar-refractivity contribution < 1.29 is 0 Å². The number of hydrazone groups is 1. The second kappa shape index (κ2) is 7.51. The van der Waals surface area contributed by atoms with Gasteiger partial charge in [-0.15, -0.1) is 0 Å². The molecule has 4 heterocycles. The van der Waals surface area contributed by atoms with Crippen LogP contribution >= 0.6 is 23.2 Å². The van der Waals surface area contributed by atoms with Crippen LogP contribution in [0.15, 0.2) is 71.0 Å². The fourth-order valence-electron chi connectivity index (χ4n) is 3.51. The first-order chi connectivity index (χ1) is 14.6. The van der Waals surface area contributed by atoms with Gasteiger partial charge in [0, 0.05) is 53.8 Å². The van der Waals surface area contributed by atoms with Crippen LogP contribution in [-0.2, 0) is 0 Å². The molecule has 0 saturated carbocycles. The number of anilines is 1. The number of rotatable bonds is 3. The van der Waals surface area contributed by atoms with E-state index in [4.69, 9.17) is 23.2 Å². The van der Waals surface area contributed by atoms with Gasteiger partial charge < -0.3 is 0 Å². The van der Waals surface area contributed by atoms with Gasteiger partial charge in [-0.25, -0.2) is 9.67 Å². The summed E-state index contributed by atoms with van der Waals surface area (Å²) in [6, 6.07) is 12.0. The number of pyridine rings is 2. The number of halogens is 2. The highest BCUT2D eigenvalue weighted by atomic mass is 35.5. The standard InChI is InChI=1S/C21H14Cl2N6O/c22-13-1-2-16-15(11-13)17(4-8-24-16)29-18(5-9-26-29)21-19(30)6-10-28(27-21)14-3-7-25-20(23)12-14/h1-4,6-12,18H,5H2. The van der Waals surface area contributed by atoms with E-state index in [9.17, 15) is 4.79 Å². The monoisotopic (exact) mass is 436 g/mol. The van der Waals surface area contributed by atoms with E-state index in [0.717, 1.165) is 16.6 Å². The summed E-state index contributed by atoms with van der Waals surface area (Å²) in [5, 5.41) is 12.7. The van der Waals surface area contributed by atoms with E-state index in [-0.39, 0.29) is 11.5 Å². The van der Waals surface area contributed by atoms with Crippen LogP contribution in [0, 0.1) is 0 Å². The summed E-state index contributed by atoms with van der Waals surface area (Å²) in [5.74, 6) is 0. The van der Waals surface area contributed by atoms with Crippen LogP contribution in [0.3, 0.4) is 0 Å². The maximum absolute atomic E-state index is 12.7. The number of aromatic nitrogens is 4. The zero-order valence-electron chi connectivity index (χ0n) is 15.5. The molecular weight excluding hydrogens is 423 g/mol. The molecule has 1 aliphatic rings. The van der Waals surface area contributed by atoms with Crippen LogP contribution in [0.2, 0.25) is 10.2 Å². The van der Waals surface area contributed by atoms with Gasteiger partial charge >= 0.3 is 0 Å². The number of benzene rings is 1. The van der Waals surface area contributed by atoms with Crippen molar-refractivity contribution in [3.63, 3.8) is 0 Å². The molecule has 0 N–H and O–H groups in total. The first-order valence-electron chi connectivity index (χ1n) is 9.18. The molecule has 0 radical (unpaired) electrons. The fraction of sp³-hybridized carbons (Fsp3) is 0.0952. The normalized spacial score (nSPS) is 15.8. The molecule has 0 saturated heterocycles. The molecular formula is C21H14Cl2N6O. The quantitative estimate of drug-likeness (QED) is 0.444. The lowest BCUT2D eigenvalue weighted by atomic mass is 10.1. The summed E-state index contributed by atoms with van der Waals surface area (Å²) in [5.41, 5.74) is 2.54. The van der Waals surface area contributed by atoms with Crippen molar-refractivity contribution >= 4 is 46.0 Å². The minimum absolute atomic E-state index is 0.164. The first-order valence-corrected chi connectivity index (χ1v) is 9.93. The molecule has 0 aliphatic carbocycles. The van der Waals surface area contributed by atoms with Crippen molar-refractivity contribution in [1.82, 2.24) is 19.7 Å². The minimum Gasteiger partial charge on any atom is -0.288 e. The molecule has 148 valence electrons. The Labute approximate surface area is 181 Å². The van der Waals surface area contributed by atoms with Gasteiger partial charge in [0.25, 0.3) is 0 Å². The second-order valence-electron chi connectivity index (χ2n) is 6.73. The Hall–Kier alpha value is -3.29. The third-order valence-corrected chi connectivity index (χ3v) is 5.32. The molecule has 1 aromatic carbocycles. The molecule has 7 nitrogen and oxygen atoms in total. The Morgan fingerprint density at radius 1 is 1.00 bits per heavy atom. The molecule has 30 heavy (non-hydrogen) atoms. The van der Waals surface area contributed by atoms with E-state index in [1.54, 1.807) is 52.7 Å². The topological polar surface area (TPSA) is 76.3 Å². The molecule has 0 fully saturated rings. The molecule has 5 rings (SSSR count). The van der Waals surface area contributed by atoms with Gasteiger partial charge in [-0.1, -0.05) is 23.2 Å². The first kappa shape index (κ1) is 18.7. The van der Waals surface area contributed by atoms with Crippen molar-refractivity contribution in [2.45, 2.75) is 12.5 Å². The molecule has 4 aromatic rings. The highest BCUT2D eigenvalue weighted by molar-refractivity contribution is 6.31. The Balaban J connectivity index is 1.61. The highest BCUT2D eigenvalue weighted by Gasteiger charge is 2.29. The largest absolute Gasteiger partial charge is 0.288 e. The molecule has 1 aliphatic heterocycles. The SMILES string of the molecule is O=c1ccn(-c2ccnc(Cl)c2)nc1C1CC=NN1c1ccnc2ccc(Cl)cc12. The van der Waals surface area contributed by atoms with E-state index in [1.165, 1.54) is 6.07 Å². The van der Waals surface area contributed by atoms with Crippen molar-refractivity contribution in [2.75, 3.05) is 5.01 Å². The zero-order chi connectivity index (χ0) is 20.7. The molecule has 0 amide bonds. The highest BCUT2D eigenvalue weighted by Crippen LogP contribution is 2.36. The van der Waals surface area contributed by atoms with E-state index in [1.807, 2.05) is 18.2 Å². The lowest BCUT2D eigenvalue weighted by Crippen LogP contribution is -2.27. The average molecular weight is 437 g/mol. The third kappa shape index (κ3) is 3.32. The van der Waals surface area contributed by atoms with Gasteiger partial charge in [-0.05, 0) is 30.3 Å². The number of nitrogens with zero attached hydrogens (tertiary/aromatic N) is 6. The average Bonchev–Trinajstić information content (AvgIpc) is 3.23. The van der Waals surface area contributed by atoms with Crippen LogP contribution in [0.5, 0.6) is 0 Å². The van der Waals surface area contributed by atoms with Crippen LogP contribution < -0.4 is 10.4 Å². The van der Waals surface area contributed by atoms with Gasteiger partial charge in [0.05, 0.1) is 16.9 Å². The van der Waals surface area contributed by atoms with Crippen LogP contribution in [0.25, 0.3) is 16.6 Å². The Kier molecular flexibility index (Phi) is 4.69. The zero-order valence-corrected chi connectivity index (χ0v) is 17.0. The summed E-state index contributed by atoms with van der Waals surface area (Å²) in [6.45, 7) is 0. The predicted molar refractivity (Wildman–Crippen MR) is 118 cm³/mol. The van der Waals surface area contributed by atoms with E-state index in [2.05, 4.69) is 20.2 Å². The fourth-order valence-corrected chi connectivity index (χ4v) is 3.85.